The first kappa shape index (κ1) is 20.5. The summed E-state index contributed by atoms with van der Waals surface area (Å²) in [4.78, 5) is 12.3. The van der Waals surface area contributed by atoms with E-state index in [0.717, 1.165) is 12.5 Å². The first-order valence-electron chi connectivity index (χ1n) is 7.40. The van der Waals surface area contributed by atoms with Gasteiger partial charge in [-0.2, -0.15) is 8.42 Å². The highest BCUT2D eigenvalue weighted by molar-refractivity contribution is 7.90. The minimum absolute atomic E-state index is 0.0313. The number of nitrogens with two attached hydrogens (primary N) is 1. The molecule has 0 radical (unpaired) electrons. The van der Waals surface area contributed by atoms with E-state index >= 15 is 0 Å². The Labute approximate surface area is 156 Å². The molecule has 12 heteroatoms. The van der Waals surface area contributed by atoms with Crippen LogP contribution in [0.15, 0.2) is 46.7 Å². The van der Waals surface area contributed by atoms with Crippen LogP contribution >= 0.6 is 0 Å². The van der Waals surface area contributed by atoms with Gasteiger partial charge in [-0.3, -0.25) is 14.4 Å². The molecule has 0 saturated heterocycles. The Balaban J connectivity index is 2.45. The number of guanidine groups is 1. The molecule has 2 rings (SSSR count). The molecule has 1 aromatic carbocycles. The van der Waals surface area contributed by atoms with Crippen molar-refractivity contribution >= 4 is 31.8 Å². The predicted molar refractivity (Wildman–Crippen MR) is 98.6 cm³/mol. The third-order valence-corrected chi connectivity index (χ3v) is 4.82. The summed E-state index contributed by atoms with van der Waals surface area (Å²) in [6, 6.07) is 6.24. The van der Waals surface area contributed by atoms with Crippen molar-refractivity contribution in [3.8, 4) is 5.69 Å². The summed E-state index contributed by atoms with van der Waals surface area (Å²) in [6.07, 6.45) is 5.14. The lowest BCUT2D eigenvalue weighted by Crippen LogP contribution is -2.37. The van der Waals surface area contributed by atoms with E-state index in [2.05, 4.69) is 14.8 Å². The minimum atomic E-state index is -3.89. The number of amides is 1. The van der Waals surface area contributed by atoms with Gasteiger partial charge in [0.2, 0.25) is 5.96 Å². The zero-order valence-corrected chi connectivity index (χ0v) is 16.3. The average Bonchev–Trinajstić information content (AvgIpc) is 3.05. The van der Waals surface area contributed by atoms with Crippen LogP contribution in [-0.4, -0.2) is 45.8 Å². The standard InChI is InChI=1S/C15H18N4O6S2/c1-10-8-12(19-6-4-5-7-19)13(26(2,21)22)9-11(10)14(20)17-15(16)18-25-27(3,23)24/h4-9H,1-3H3,(H3,16,17,18,20). The smallest absolute Gasteiger partial charge is 0.325 e. The minimum Gasteiger partial charge on any atom is -0.367 e. The number of nitrogens with one attached hydrogen (secondary N) is 1. The van der Waals surface area contributed by atoms with E-state index in [1.165, 1.54) is 6.07 Å². The zero-order chi connectivity index (χ0) is 20.4. The molecule has 3 N–H and O–H groups in total. The van der Waals surface area contributed by atoms with Crippen LogP contribution in [0.25, 0.3) is 5.69 Å². The molecule has 0 spiro atoms. The number of carbonyl (C=O) groups excluding carboxylic acids is 1. The maximum atomic E-state index is 12.4. The van der Waals surface area contributed by atoms with Gasteiger partial charge in [0.05, 0.1) is 16.8 Å². The van der Waals surface area contributed by atoms with Crippen molar-refractivity contribution in [1.82, 2.24) is 9.88 Å². The molecular formula is C15H18N4O6S2. The molecule has 0 atom stereocenters. The number of sulfone groups is 1. The summed E-state index contributed by atoms with van der Waals surface area (Å²) in [5.74, 6) is -1.37. The van der Waals surface area contributed by atoms with Gasteiger partial charge in [0.1, 0.15) is 0 Å². The van der Waals surface area contributed by atoms with Crippen LogP contribution in [0.3, 0.4) is 0 Å². The van der Waals surface area contributed by atoms with Crippen LogP contribution in [0.1, 0.15) is 15.9 Å². The van der Waals surface area contributed by atoms with E-state index in [1.54, 1.807) is 42.1 Å². The van der Waals surface area contributed by atoms with Crippen molar-refractivity contribution in [3.05, 3.63) is 47.8 Å². The summed E-state index contributed by atoms with van der Waals surface area (Å²) in [5, 5.41) is 5.21. The van der Waals surface area contributed by atoms with Gasteiger partial charge >= 0.3 is 10.1 Å². The van der Waals surface area contributed by atoms with E-state index in [-0.39, 0.29) is 10.5 Å². The molecule has 10 nitrogen and oxygen atoms in total. The van der Waals surface area contributed by atoms with Crippen molar-refractivity contribution in [2.24, 2.45) is 10.9 Å². The number of rotatable bonds is 5. The van der Waals surface area contributed by atoms with Gasteiger partial charge in [-0.25, -0.2) is 8.42 Å². The second-order valence-corrected chi connectivity index (χ2v) is 9.25. The highest BCUT2D eigenvalue weighted by atomic mass is 32.2. The van der Waals surface area contributed by atoms with Crippen LogP contribution in [0, 0.1) is 6.92 Å². The highest BCUT2D eigenvalue weighted by Crippen LogP contribution is 2.25. The Bertz CT molecular complexity index is 1100. The molecule has 1 amide bonds. The molecule has 0 bridgehead atoms. The summed E-state index contributed by atoms with van der Waals surface area (Å²) < 4.78 is 51.9. The molecule has 0 aliphatic heterocycles. The third kappa shape index (κ3) is 5.31. The van der Waals surface area contributed by atoms with Crippen LogP contribution in [-0.2, 0) is 24.2 Å². The first-order valence-corrected chi connectivity index (χ1v) is 11.1. The topological polar surface area (TPSA) is 150 Å². The van der Waals surface area contributed by atoms with Gasteiger partial charge < -0.3 is 10.3 Å². The number of carbonyl (C=O) groups is 1. The van der Waals surface area contributed by atoms with Crippen molar-refractivity contribution in [2.75, 3.05) is 12.5 Å². The summed E-state index contributed by atoms with van der Waals surface area (Å²) in [7, 11) is -7.54. The molecule has 1 heterocycles. The Morgan fingerprint density at radius 2 is 1.74 bits per heavy atom. The SMILES string of the molecule is Cc1cc(-n2cccc2)c(S(C)(=O)=O)cc1C(=O)NC(N)=NOS(C)(=O)=O. The van der Waals surface area contributed by atoms with Gasteiger partial charge in [0.15, 0.2) is 9.84 Å². The Morgan fingerprint density at radius 1 is 1.15 bits per heavy atom. The van der Waals surface area contributed by atoms with Crippen molar-refractivity contribution < 1.29 is 25.9 Å². The number of hydrogen-bond acceptors (Lipinski definition) is 7. The van der Waals surface area contributed by atoms with Crippen LogP contribution in [0.2, 0.25) is 0 Å². The maximum Gasteiger partial charge on any atom is 0.325 e. The van der Waals surface area contributed by atoms with Crippen LogP contribution in [0.4, 0.5) is 0 Å². The number of aryl methyl sites for hydroxylation is 1. The second-order valence-electron chi connectivity index (χ2n) is 5.71. The molecular weight excluding hydrogens is 396 g/mol. The lowest BCUT2D eigenvalue weighted by Gasteiger charge is -2.14. The van der Waals surface area contributed by atoms with Gasteiger partial charge in [-0.05, 0) is 41.9 Å². The molecule has 0 aliphatic carbocycles. The van der Waals surface area contributed by atoms with Crippen molar-refractivity contribution in [3.63, 3.8) is 0 Å². The van der Waals surface area contributed by atoms with Crippen LogP contribution < -0.4 is 11.1 Å². The molecule has 0 fully saturated rings. The number of oxime groups is 1. The Morgan fingerprint density at radius 3 is 2.26 bits per heavy atom. The zero-order valence-electron chi connectivity index (χ0n) is 14.7. The van der Waals surface area contributed by atoms with E-state index in [4.69, 9.17) is 5.73 Å². The molecule has 0 aliphatic rings. The predicted octanol–water partition coefficient (Wildman–Crippen LogP) is 0.125. The Kier molecular flexibility index (Phi) is 5.61. The fourth-order valence-electron chi connectivity index (χ4n) is 2.23. The average molecular weight is 414 g/mol. The number of benzene rings is 1. The third-order valence-electron chi connectivity index (χ3n) is 3.35. The van der Waals surface area contributed by atoms with Crippen molar-refractivity contribution in [1.29, 1.82) is 0 Å². The highest BCUT2D eigenvalue weighted by Gasteiger charge is 2.20. The Hall–Kier alpha value is -2.86. The van der Waals surface area contributed by atoms with Crippen LogP contribution in [0.5, 0.6) is 0 Å². The summed E-state index contributed by atoms with van der Waals surface area (Å²) in [5.41, 5.74) is 6.30. The quantitative estimate of drug-likeness (QED) is 0.401. The maximum absolute atomic E-state index is 12.4. The lowest BCUT2D eigenvalue weighted by atomic mass is 10.1. The monoisotopic (exact) mass is 414 g/mol. The fraction of sp³-hybridized carbons (Fsp3) is 0.200. The fourth-order valence-corrected chi connectivity index (χ4v) is 3.32. The van der Waals surface area contributed by atoms with Crippen molar-refractivity contribution in [2.45, 2.75) is 11.8 Å². The van der Waals surface area contributed by atoms with E-state index < -0.39 is 31.8 Å². The molecule has 2 aromatic rings. The number of nitrogens with zero attached hydrogens (tertiary/aromatic N) is 2. The molecule has 146 valence electrons. The van der Waals surface area contributed by atoms with Gasteiger partial charge in [0, 0.05) is 24.2 Å². The number of aromatic nitrogens is 1. The first-order chi connectivity index (χ1) is 12.4. The van der Waals surface area contributed by atoms with Gasteiger partial charge in [-0.1, -0.05) is 0 Å². The van der Waals surface area contributed by atoms with Gasteiger partial charge in [-0.15, -0.1) is 0 Å². The van der Waals surface area contributed by atoms with Gasteiger partial charge in [0.25, 0.3) is 5.91 Å². The largest absolute Gasteiger partial charge is 0.367 e. The summed E-state index contributed by atoms with van der Waals surface area (Å²) >= 11 is 0. The normalized spacial score (nSPS) is 12.6. The number of hydrogen-bond donors (Lipinski definition) is 2. The molecule has 0 saturated carbocycles. The molecule has 27 heavy (non-hydrogen) atoms. The summed E-state index contributed by atoms with van der Waals surface area (Å²) in [6.45, 7) is 1.62. The molecule has 0 unspecified atom stereocenters. The van der Waals surface area contributed by atoms with E-state index in [1.807, 2.05) is 0 Å². The second kappa shape index (κ2) is 7.40. The van der Waals surface area contributed by atoms with E-state index in [9.17, 15) is 21.6 Å². The van der Waals surface area contributed by atoms with E-state index in [0.29, 0.717) is 11.3 Å². The lowest BCUT2D eigenvalue weighted by molar-refractivity contribution is 0.0974. The molecule has 1 aromatic heterocycles.